The second-order valence-corrected chi connectivity index (χ2v) is 18.5. The first kappa shape index (κ1) is 29.5. The first-order valence-electron chi connectivity index (χ1n) is 17.9. The summed E-state index contributed by atoms with van der Waals surface area (Å²) in [6.45, 7) is 0. The Balaban J connectivity index is 1.17. The van der Waals surface area contributed by atoms with E-state index >= 15 is 0 Å². The van der Waals surface area contributed by atoms with Crippen LogP contribution in [0.5, 0.6) is 0 Å². The van der Waals surface area contributed by atoms with Gasteiger partial charge < -0.3 is 9.47 Å². The number of aromatic nitrogens is 1. The maximum absolute atomic E-state index is 2.68. The van der Waals surface area contributed by atoms with E-state index in [2.05, 4.69) is 204 Å². The third kappa shape index (κ3) is 4.10. The zero-order valence-corrected chi connectivity index (χ0v) is 30.1. The molecule has 4 heteroatoms. The molecular weight excluding hydrogens is 665 g/mol. The average molecular weight is 697 g/mol. The first-order chi connectivity index (χ1) is 25.8. The molecule has 2 nitrogen and oxygen atoms in total. The number of nitrogens with zero attached hydrogens (tertiary/aromatic N) is 2. The lowest BCUT2D eigenvalue weighted by molar-refractivity contribution is 1.17. The minimum atomic E-state index is -2.68. The summed E-state index contributed by atoms with van der Waals surface area (Å²) in [5.74, 6) is 0. The van der Waals surface area contributed by atoms with Crippen LogP contribution in [0.1, 0.15) is 0 Å². The molecule has 0 spiro atoms. The van der Waals surface area contributed by atoms with Gasteiger partial charge in [-0.3, -0.25) is 0 Å². The number of rotatable bonds is 4. The van der Waals surface area contributed by atoms with Gasteiger partial charge in [-0.15, -0.1) is 11.3 Å². The van der Waals surface area contributed by atoms with Gasteiger partial charge in [-0.2, -0.15) is 0 Å². The number of anilines is 3. The lowest BCUT2D eigenvalue weighted by Crippen LogP contribution is -2.77. The number of hydrogen-bond acceptors (Lipinski definition) is 2. The highest BCUT2D eigenvalue weighted by Crippen LogP contribution is 2.42. The summed E-state index contributed by atoms with van der Waals surface area (Å²) in [6.07, 6.45) is 0. The van der Waals surface area contributed by atoms with Crippen molar-refractivity contribution in [2.45, 2.75) is 0 Å². The summed E-state index contributed by atoms with van der Waals surface area (Å²) in [5, 5.41) is 10.8. The van der Waals surface area contributed by atoms with Gasteiger partial charge in [0, 0.05) is 53.7 Å². The van der Waals surface area contributed by atoms with E-state index in [0.29, 0.717) is 0 Å². The Morgan fingerprint density at radius 3 is 1.65 bits per heavy atom. The molecule has 0 saturated carbocycles. The smallest absolute Gasteiger partial charge is 0.184 e. The Labute approximate surface area is 307 Å². The molecule has 0 unspecified atom stereocenters. The predicted octanol–water partition coefficient (Wildman–Crippen LogP) is 10.3. The van der Waals surface area contributed by atoms with Gasteiger partial charge in [-0.25, -0.2) is 0 Å². The average Bonchev–Trinajstić information content (AvgIpc) is 3.74. The monoisotopic (exact) mass is 696 g/mol. The van der Waals surface area contributed by atoms with Gasteiger partial charge in [0.15, 0.2) is 8.07 Å². The van der Waals surface area contributed by atoms with Gasteiger partial charge in [-0.05, 0) is 75.3 Å². The summed E-state index contributed by atoms with van der Waals surface area (Å²) in [5.41, 5.74) is 7.24. The fraction of sp³-hybridized carbons (Fsp3) is 0. The van der Waals surface area contributed by atoms with Crippen molar-refractivity contribution in [2.24, 2.45) is 0 Å². The van der Waals surface area contributed by atoms with E-state index in [9.17, 15) is 0 Å². The molecule has 11 rings (SSSR count). The minimum Gasteiger partial charge on any atom is -0.311 e. The molecule has 0 N–H and O–H groups in total. The number of thiophene rings is 1. The molecule has 244 valence electrons. The van der Waals surface area contributed by atoms with Crippen molar-refractivity contribution >= 4 is 99.2 Å². The Hall–Kier alpha value is -6.20. The van der Waals surface area contributed by atoms with Gasteiger partial charge in [-0.1, -0.05) is 140 Å². The van der Waals surface area contributed by atoms with Crippen molar-refractivity contribution in [3.63, 3.8) is 0 Å². The topological polar surface area (TPSA) is 8.17 Å². The molecule has 0 amide bonds. The van der Waals surface area contributed by atoms with Crippen LogP contribution in [0.25, 0.3) is 47.7 Å². The number of para-hydroxylation sites is 3. The number of hydrogen-bond donors (Lipinski definition) is 0. The van der Waals surface area contributed by atoms with E-state index in [0.717, 1.165) is 11.4 Å². The largest absolute Gasteiger partial charge is 0.311 e. The fourth-order valence-electron chi connectivity index (χ4n) is 8.93. The Morgan fingerprint density at radius 1 is 0.365 bits per heavy atom. The number of benzene rings is 8. The highest BCUT2D eigenvalue weighted by Gasteiger charge is 2.48. The molecule has 1 aliphatic heterocycles. The van der Waals surface area contributed by atoms with E-state index in [4.69, 9.17) is 0 Å². The SMILES string of the molecule is c1ccc([Si]2(c3ccccc3)c3ccccc3N(c3cccc(-n4c5ccccc5c5cc6c(cc54)sc4ccccc46)c3)c3ccccc32)cc1. The van der Waals surface area contributed by atoms with Gasteiger partial charge in [0.25, 0.3) is 0 Å². The molecule has 0 atom stereocenters. The molecule has 8 aromatic carbocycles. The van der Waals surface area contributed by atoms with Gasteiger partial charge in [0.05, 0.1) is 11.0 Å². The van der Waals surface area contributed by atoms with E-state index in [1.807, 2.05) is 11.3 Å². The first-order valence-corrected chi connectivity index (χ1v) is 20.7. The standard InChI is InChI=1S/C48H32N2SSi/c1-3-18-35(19-4-1)52(36-20-5-2-6-21-36)47-28-13-10-25-42(47)50(43-26-11-14-29-48(43)52)34-17-15-16-33(30-34)49-41-24-9-7-22-37(41)39-31-40-38-23-8-12-27-45(38)51-46(40)32-44(39)49/h1-32H. The summed E-state index contributed by atoms with van der Waals surface area (Å²) in [7, 11) is -2.68. The Morgan fingerprint density at radius 2 is 0.942 bits per heavy atom. The molecule has 3 heterocycles. The van der Waals surface area contributed by atoms with Crippen LogP contribution < -0.4 is 25.6 Å². The molecule has 1 aliphatic rings. The van der Waals surface area contributed by atoms with Crippen LogP contribution in [0, 0.1) is 0 Å². The zero-order valence-electron chi connectivity index (χ0n) is 28.3. The molecule has 0 radical (unpaired) electrons. The minimum absolute atomic E-state index is 1.15. The van der Waals surface area contributed by atoms with Crippen LogP contribution in [-0.4, -0.2) is 12.6 Å². The van der Waals surface area contributed by atoms with Crippen molar-refractivity contribution in [1.29, 1.82) is 0 Å². The third-order valence-corrected chi connectivity index (χ3v) is 17.0. The second-order valence-electron chi connectivity index (χ2n) is 13.7. The Bertz CT molecular complexity index is 2890. The highest BCUT2D eigenvalue weighted by atomic mass is 32.1. The van der Waals surface area contributed by atoms with Crippen molar-refractivity contribution in [3.05, 3.63) is 194 Å². The van der Waals surface area contributed by atoms with E-state index in [1.54, 1.807) is 0 Å². The Kier molecular flexibility index (Phi) is 6.47. The van der Waals surface area contributed by atoms with Crippen molar-refractivity contribution in [2.75, 3.05) is 4.90 Å². The summed E-state index contributed by atoms with van der Waals surface area (Å²) in [4.78, 5) is 2.50. The molecule has 0 fully saturated rings. The van der Waals surface area contributed by atoms with Gasteiger partial charge in [0.2, 0.25) is 0 Å². The van der Waals surface area contributed by atoms with E-state index in [1.165, 1.54) is 74.1 Å². The molecule has 0 saturated heterocycles. The summed E-state index contributed by atoms with van der Waals surface area (Å²) in [6, 6.07) is 72.3. The summed E-state index contributed by atoms with van der Waals surface area (Å²) < 4.78 is 5.11. The van der Waals surface area contributed by atoms with Crippen LogP contribution in [0.4, 0.5) is 17.1 Å². The highest BCUT2D eigenvalue weighted by molar-refractivity contribution is 7.26. The quantitative estimate of drug-likeness (QED) is 0.166. The van der Waals surface area contributed by atoms with Crippen molar-refractivity contribution < 1.29 is 0 Å². The van der Waals surface area contributed by atoms with Crippen LogP contribution in [-0.2, 0) is 0 Å². The van der Waals surface area contributed by atoms with Crippen LogP contribution in [0.15, 0.2) is 194 Å². The van der Waals surface area contributed by atoms with Crippen molar-refractivity contribution in [3.8, 4) is 5.69 Å². The normalized spacial score (nSPS) is 13.5. The van der Waals surface area contributed by atoms with E-state index in [-0.39, 0.29) is 0 Å². The van der Waals surface area contributed by atoms with Crippen LogP contribution >= 0.6 is 11.3 Å². The van der Waals surface area contributed by atoms with Crippen LogP contribution in [0.3, 0.4) is 0 Å². The van der Waals surface area contributed by atoms with Crippen LogP contribution in [0.2, 0.25) is 0 Å². The molecule has 2 aromatic heterocycles. The fourth-order valence-corrected chi connectivity index (χ4v) is 15.2. The van der Waals surface area contributed by atoms with E-state index < -0.39 is 8.07 Å². The van der Waals surface area contributed by atoms with Gasteiger partial charge in [0.1, 0.15) is 0 Å². The molecule has 10 aromatic rings. The lowest BCUT2D eigenvalue weighted by Gasteiger charge is -2.45. The second kappa shape index (κ2) is 11.4. The maximum Gasteiger partial charge on any atom is 0.184 e. The predicted molar refractivity (Wildman–Crippen MR) is 226 cm³/mol. The molecule has 0 bridgehead atoms. The third-order valence-electron chi connectivity index (χ3n) is 11.0. The van der Waals surface area contributed by atoms with Gasteiger partial charge >= 0.3 is 0 Å². The molecular formula is C48H32N2SSi. The molecule has 0 aliphatic carbocycles. The lowest BCUT2D eigenvalue weighted by atomic mass is 10.1. The number of fused-ring (bicyclic) bond motifs is 8. The van der Waals surface area contributed by atoms with Crippen molar-refractivity contribution in [1.82, 2.24) is 4.57 Å². The molecule has 52 heavy (non-hydrogen) atoms. The maximum atomic E-state index is 2.50. The zero-order chi connectivity index (χ0) is 34.2. The summed E-state index contributed by atoms with van der Waals surface area (Å²) >= 11 is 1.88.